The van der Waals surface area contributed by atoms with Gasteiger partial charge in [0.1, 0.15) is 0 Å². The first kappa shape index (κ1) is 28.5. The third kappa shape index (κ3) is 7.93. The van der Waals surface area contributed by atoms with Crippen LogP contribution in [0.2, 0.25) is 0 Å². The summed E-state index contributed by atoms with van der Waals surface area (Å²) in [4.78, 5) is 0. The number of allylic oxidation sites excluding steroid dienone is 3. The predicted molar refractivity (Wildman–Crippen MR) is 163 cm³/mol. The maximum atomic E-state index is 3.46. The SMILES string of the molecule is C=CC=CC.[Hf].c1ccc(P(c2ccccc2)c2cc3ccccc3[cH-]2)cc1.c1ccc2[cH-]ccc2c1. The quantitative estimate of drug-likeness (QED) is 0.0769. The van der Waals surface area contributed by atoms with E-state index in [2.05, 4.69) is 146 Å². The Hall–Kier alpha value is -3.12. The van der Waals surface area contributed by atoms with Gasteiger partial charge < -0.3 is 0 Å². The second-order valence-corrected chi connectivity index (χ2v) is 10.5. The zero-order chi connectivity index (χ0) is 25.0. The van der Waals surface area contributed by atoms with E-state index in [0.717, 1.165) is 0 Å². The zero-order valence-corrected chi connectivity index (χ0v) is 25.7. The Morgan fingerprint density at radius 3 is 1.70 bits per heavy atom. The van der Waals surface area contributed by atoms with E-state index in [9.17, 15) is 0 Å². The van der Waals surface area contributed by atoms with Crippen LogP contribution >= 0.6 is 7.92 Å². The Kier molecular flexibility index (Phi) is 11.7. The van der Waals surface area contributed by atoms with Crippen molar-refractivity contribution in [1.82, 2.24) is 0 Å². The summed E-state index contributed by atoms with van der Waals surface area (Å²) < 4.78 is 0. The standard InChI is InChI=1S/C21H16P.C9H7.C5H8.Hf/c1-3-11-19(12-4-1)22(20-13-5-2-6-14-20)21-15-17-9-7-8-10-18(17)16-21;1-2-5-9-7-3-6-8(9)4-1;1-3-5-4-2;/h1-16H;1-7H;3-5H,1H2,2H3;/q2*-1;;. The molecule has 0 saturated heterocycles. The number of rotatable bonds is 4. The van der Waals surface area contributed by atoms with Crippen LogP contribution in [0.1, 0.15) is 6.92 Å². The topological polar surface area (TPSA) is 0 Å². The second-order valence-electron chi connectivity index (χ2n) is 8.27. The average molecular weight is 661 g/mol. The van der Waals surface area contributed by atoms with E-state index in [1.165, 1.54) is 37.5 Å². The van der Waals surface area contributed by atoms with Crippen LogP contribution < -0.4 is 15.9 Å². The van der Waals surface area contributed by atoms with Gasteiger partial charge in [0.05, 0.1) is 0 Å². The molecule has 0 aliphatic heterocycles. The van der Waals surface area contributed by atoms with Gasteiger partial charge in [0.2, 0.25) is 0 Å². The largest absolute Gasteiger partial charge is 0.168 e. The molecule has 0 spiro atoms. The Labute approximate surface area is 241 Å². The molecule has 0 nitrogen and oxygen atoms in total. The van der Waals surface area contributed by atoms with E-state index >= 15 is 0 Å². The van der Waals surface area contributed by atoms with Crippen LogP contribution in [-0.2, 0) is 25.8 Å². The fourth-order valence-electron chi connectivity index (χ4n) is 4.07. The normalized spacial score (nSPS) is 10.3. The van der Waals surface area contributed by atoms with Crippen molar-refractivity contribution < 1.29 is 25.8 Å². The van der Waals surface area contributed by atoms with Crippen molar-refractivity contribution >= 4 is 45.4 Å². The molecule has 0 amide bonds. The molecule has 0 atom stereocenters. The maximum Gasteiger partial charge on any atom is 0 e. The van der Waals surface area contributed by atoms with E-state index < -0.39 is 7.92 Å². The van der Waals surface area contributed by atoms with E-state index in [1.54, 1.807) is 6.08 Å². The van der Waals surface area contributed by atoms with Crippen molar-refractivity contribution in [2.75, 3.05) is 0 Å². The minimum absolute atomic E-state index is 0. The van der Waals surface area contributed by atoms with Crippen molar-refractivity contribution in [2.45, 2.75) is 6.92 Å². The summed E-state index contributed by atoms with van der Waals surface area (Å²) in [7, 11) is -0.493. The van der Waals surface area contributed by atoms with Crippen LogP contribution in [0, 0.1) is 0 Å². The van der Waals surface area contributed by atoms with Gasteiger partial charge in [-0.15, -0.1) is 70.0 Å². The second kappa shape index (κ2) is 15.2. The molecule has 182 valence electrons. The number of hydrogen-bond acceptors (Lipinski definition) is 0. The summed E-state index contributed by atoms with van der Waals surface area (Å²) in [6.45, 7) is 5.42. The Morgan fingerprint density at radius 2 is 1.19 bits per heavy atom. The van der Waals surface area contributed by atoms with Gasteiger partial charge >= 0.3 is 0 Å². The number of fused-ring (bicyclic) bond motifs is 2. The first-order chi connectivity index (χ1) is 17.8. The van der Waals surface area contributed by atoms with Gasteiger partial charge in [-0.05, 0) is 25.5 Å². The molecule has 2 heteroatoms. The minimum Gasteiger partial charge on any atom is -0.168 e. The van der Waals surface area contributed by atoms with Gasteiger partial charge in [-0.1, -0.05) is 97.6 Å². The molecule has 0 saturated carbocycles. The van der Waals surface area contributed by atoms with E-state index in [-0.39, 0.29) is 25.8 Å². The third-order valence-electron chi connectivity index (χ3n) is 5.77. The predicted octanol–water partition coefficient (Wildman–Crippen LogP) is 8.62. The molecule has 37 heavy (non-hydrogen) atoms. The molecule has 0 aliphatic carbocycles. The molecule has 0 fully saturated rings. The first-order valence-corrected chi connectivity index (χ1v) is 13.5. The summed E-state index contributed by atoms with van der Waals surface area (Å²) >= 11 is 0. The average Bonchev–Trinajstić information content (AvgIpc) is 3.58. The molecule has 6 rings (SSSR count). The summed E-state index contributed by atoms with van der Waals surface area (Å²) in [5.41, 5.74) is 0. The number of hydrogen-bond donors (Lipinski definition) is 0. The summed E-state index contributed by atoms with van der Waals surface area (Å²) in [6.07, 6.45) is 5.58. The molecule has 0 N–H and O–H groups in total. The Balaban J connectivity index is 0.000000210. The molecule has 6 aromatic carbocycles. The molecule has 0 unspecified atom stereocenters. The third-order valence-corrected chi connectivity index (χ3v) is 8.17. The van der Waals surface area contributed by atoms with E-state index in [4.69, 9.17) is 0 Å². The van der Waals surface area contributed by atoms with E-state index in [1.807, 2.05) is 19.1 Å². The van der Waals surface area contributed by atoms with Gasteiger partial charge in [-0.3, -0.25) is 0 Å². The fourth-order valence-corrected chi connectivity index (χ4v) is 6.44. The van der Waals surface area contributed by atoms with E-state index in [0.29, 0.717) is 0 Å². The van der Waals surface area contributed by atoms with Crippen molar-refractivity contribution in [3.05, 3.63) is 164 Å². The van der Waals surface area contributed by atoms with Crippen LogP contribution in [0.3, 0.4) is 0 Å². The molecule has 0 aliphatic rings. The van der Waals surface area contributed by atoms with Crippen LogP contribution in [0.4, 0.5) is 0 Å². The van der Waals surface area contributed by atoms with Crippen LogP contribution in [-0.4, -0.2) is 0 Å². The smallest absolute Gasteiger partial charge is 0 e. The Morgan fingerprint density at radius 1 is 0.649 bits per heavy atom. The van der Waals surface area contributed by atoms with Crippen LogP contribution in [0.15, 0.2) is 164 Å². The fraction of sp³-hybridized carbons (Fsp3) is 0.0286. The summed E-state index contributed by atoms with van der Waals surface area (Å²) in [5.74, 6) is 0. The maximum absolute atomic E-state index is 3.46. The van der Waals surface area contributed by atoms with Gasteiger partial charge in [-0.25, -0.2) is 0 Å². The number of benzene rings is 4. The van der Waals surface area contributed by atoms with Gasteiger partial charge in [-0.2, -0.15) is 23.6 Å². The zero-order valence-electron chi connectivity index (χ0n) is 21.2. The van der Waals surface area contributed by atoms with Gasteiger partial charge in [0.15, 0.2) is 0 Å². The molecular weight excluding hydrogens is 630 g/mol. The van der Waals surface area contributed by atoms with Gasteiger partial charge in [0.25, 0.3) is 0 Å². The van der Waals surface area contributed by atoms with Crippen LogP contribution in [0.5, 0.6) is 0 Å². The van der Waals surface area contributed by atoms with Crippen molar-refractivity contribution in [3.8, 4) is 0 Å². The monoisotopic (exact) mass is 662 g/mol. The molecule has 0 aromatic heterocycles. The van der Waals surface area contributed by atoms with Gasteiger partial charge in [0, 0.05) is 25.8 Å². The molecule has 0 radical (unpaired) electrons. The summed E-state index contributed by atoms with van der Waals surface area (Å²) in [5, 5.41) is 9.55. The van der Waals surface area contributed by atoms with Crippen LogP contribution in [0.25, 0.3) is 21.5 Å². The molecule has 0 bridgehead atoms. The Bertz CT molecular complexity index is 1400. The molecular formula is C35H31HfP-2. The van der Waals surface area contributed by atoms with Crippen molar-refractivity contribution in [3.63, 3.8) is 0 Å². The van der Waals surface area contributed by atoms with Crippen molar-refractivity contribution in [2.24, 2.45) is 0 Å². The van der Waals surface area contributed by atoms with Crippen molar-refractivity contribution in [1.29, 1.82) is 0 Å². The molecule has 6 aromatic rings. The summed E-state index contributed by atoms with van der Waals surface area (Å²) in [6, 6.07) is 49.7. The minimum atomic E-state index is -0.493. The first-order valence-electron chi connectivity index (χ1n) is 12.2. The molecule has 0 heterocycles.